The van der Waals surface area contributed by atoms with Crippen LogP contribution in [0.15, 0.2) is 59.6 Å². The molecule has 160 valence electrons. The van der Waals surface area contributed by atoms with Crippen molar-refractivity contribution < 1.29 is 17.5 Å². The van der Waals surface area contributed by atoms with Crippen molar-refractivity contribution in [2.45, 2.75) is 24.3 Å². The summed E-state index contributed by atoms with van der Waals surface area (Å²) in [5.41, 5.74) is -0.0815. The standard InChI is InChI=1S/C20H19FN6O3S/c1-20(2,12-22)30-15-8-6-13(7-9-15)25-18-17(21)11-24-19(27-18)26-14-4-3-5-16(10-14)31(23,28)29/h3-11H,1-2H3,(H2,23,28,29)(H2,24,25,26,27). The summed E-state index contributed by atoms with van der Waals surface area (Å²) in [5, 5.41) is 19.8. The van der Waals surface area contributed by atoms with E-state index < -0.39 is 21.4 Å². The van der Waals surface area contributed by atoms with Crippen molar-refractivity contribution in [3.8, 4) is 11.8 Å². The van der Waals surface area contributed by atoms with Crippen LogP contribution >= 0.6 is 0 Å². The second kappa shape index (κ2) is 8.55. The number of nitrogens with zero attached hydrogens (tertiary/aromatic N) is 3. The van der Waals surface area contributed by atoms with Gasteiger partial charge in [0.1, 0.15) is 11.8 Å². The second-order valence-corrected chi connectivity index (χ2v) is 8.52. The minimum atomic E-state index is -3.87. The van der Waals surface area contributed by atoms with Crippen molar-refractivity contribution in [3.05, 3.63) is 60.5 Å². The molecule has 0 atom stereocenters. The van der Waals surface area contributed by atoms with Crippen LogP contribution in [-0.4, -0.2) is 24.0 Å². The molecule has 0 aliphatic rings. The molecular formula is C20H19FN6O3S. The Morgan fingerprint density at radius 1 is 1.13 bits per heavy atom. The van der Waals surface area contributed by atoms with E-state index in [-0.39, 0.29) is 16.7 Å². The van der Waals surface area contributed by atoms with Crippen LogP contribution in [0, 0.1) is 17.1 Å². The van der Waals surface area contributed by atoms with Crippen molar-refractivity contribution in [2.75, 3.05) is 10.6 Å². The average molecular weight is 442 g/mol. The number of rotatable bonds is 7. The van der Waals surface area contributed by atoms with Crippen molar-refractivity contribution in [1.29, 1.82) is 5.26 Å². The number of ether oxygens (including phenoxy) is 1. The molecule has 0 unspecified atom stereocenters. The highest BCUT2D eigenvalue weighted by Crippen LogP contribution is 2.24. The smallest absolute Gasteiger partial charge is 0.238 e. The van der Waals surface area contributed by atoms with Crippen molar-refractivity contribution in [3.63, 3.8) is 0 Å². The molecule has 11 heteroatoms. The number of nitriles is 1. The fourth-order valence-electron chi connectivity index (χ4n) is 2.46. The molecule has 0 radical (unpaired) electrons. The number of nitrogens with two attached hydrogens (primary N) is 1. The van der Waals surface area contributed by atoms with Crippen LogP contribution in [-0.2, 0) is 10.0 Å². The Hall–Kier alpha value is -3.75. The molecule has 0 aliphatic heterocycles. The number of sulfonamides is 1. The Balaban J connectivity index is 1.77. The lowest BCUT2D eigenvalue weighted by molar-refractivity contribution is 0.170. The summed E-state index contributed by atoms with van der Waals surface area (Å²) in [7, 11) is -3.87. The summed E-state index contributed by atoms with van der Waals surface area (Å²) >= 11 is 0. The van der Waals surface area contributed by atoms with Gasteiger partial charge in [0, 0.05) is 11.4 Å². The maximum atomic E-state index is 14.2. The highest BCUT2D eigenvalue weighted by molar-refractivity contribution is 7.89. The molecule has 0 aliphatic carbocycles. The normalized spacial score (nSPS) is 11.5. The van der Waals surface area contributed by atoms with Gasteiger partial charge in [0.25, 0.3) is 0 Å². The molecule has 1 heterocycles. The molecule has 9 nitrogen and oxygen atoms in total. The predicted octanol–water partition coefficient (Wildman–Crippen LogP) is 3.43. The summed E-state index contributed by atoms with van der Waals surface area (Å²) < 4.78 is 42.7. The van der Waals surface area contributed by atoms with Crippen LogP contribution in [0.3, 0.4) is 0 Å². The zero-order valence-electron chi connectivity index (χ0n) is 16.6. The molecule has 0 bridgehead atoms. The topological polar surface area (TPSA) is 143 Å². The molecule has 0 saturated carbocycles. The number of benzene rings is 2. The number of anilines is 4. The maximum absolute atomic E-state index is 14.2. The minimum absolute atomic E-state index is 0.0474. The number of aromatic nitrogens is 2. The van der Waals surface area contributed by atoms with Gasteiger partial charge in [0.2, 0.25) is 16.0 Å². The van der Waals surface area contributed by atoms with Gasteiger partial charge in [-0.05, 0) is 56.3 Å². The Morgan fingerprint density at radius 3 is 2.48 bits per heavy atom. The fourth-order valence-corrected chi connectivity index (χ4v) is 3.01. The summed E-state index contributed by atoms with van der Waals surface area (Å²) in [4.78, 5) is 7.87. The number of hydrogen-bond donors (Lipinski definition) is 3. The van der Waals surface area contributed by atoms with Crippen molar-refractivity contribution in [2.24, 2.45) is 5.14 Å². The molecule has 0 spiro atoms. The fraction of sp³-hybridized carbons (Fsp3) is 0.150. The van der Waals surface area contributed by atoms with Gasteiger partial charge >= 0.3 is 0 Å². The van der Waals surface area contributed by atoms with Gasteiger partial charge in [-0.15, -0.1) is 0 Å². The van der Waals surface area contributed by atoms with E-state index in [2.05, 4.69) is 20.6 Å². The summed E-state index contributed by atoms with van der Waals surface area (Å²) in [5.74, 6) is -0.246. The third-order valence-corrected chi connectivity index (χ3v) is 4.83. The number of hydrogen-bond acceptors (Lipinski definition) is 8. The van der Waals surface area contributed by atoms with Crippen LogP contribution in [0.25, 0.3) is 0 Å². The molecule has 2 aromatic carbocycles. The number of primary sulfonamides is 1. The SMILES string of the molecule is CC(C)(C#N)Oc1ccc(Nc2nc(Nc3cccc(S(N)(=O)=O)c3)ncc2F)cc1. The van der Waals surface area contributed by atoms with Crippen molar-refractivity contribution in [1.82, 2.24) is 9.97 Å². The first kappa shape index (κ1) is 21.9. The molecule has 4 N–H and O–H groups in total. The Kier molecular flexibility index (Phi) is 6.05. The molecule has 0 fully saturated rings. The highest BCUT2D eigenvalue weighted by atomic mass is 32.2. The van der Waals surface area contributed by atoms with E-state index in [0.29, 0.717) is 17.1 Å². The third kappa shape index (κ3) is 5.88. The largest absolute Gasteiger partial charge is 0.473 e. The van der Waals surface area contributed by atoms with Crippen LogP contribution in [0.5, 0.6) is 5.75 Å². The molecule has 0 amide bonds. The van der Waals surface area contributed by atoms with Gasteiger partial charge in [0.15, 0.2) is 17.2 Å². The summed E-state index contributed by atoms with van der Waals surface area (Å²) in [6.07, 6.45) is 0.980. The van der Waals surface area contributed by atoms with Gasteiger partial charge in [-0.1, -0.05) is 6.07 Å². The quantitative estimate of drug-likeness (QED) is 0.505. The monoisotopic (exact) mass is 442 g/mol. The van der Waals surface area contributed by atoms with Crippen LogP contribution in [0.4, 0.5) is 27.5 Å². The van der Waals surface area contributed by atoms with Crippen LogP contribution < -0.4 is 20.5 Å². The Morgan fingerprint density at radius 2 is 1.84 bits per heavy atom. The zero-order chi connectivity index (χ0) is 22.6. The lowest BCUT2D eigenvalue weighted by Crippen LogP contribution is -2.25. The molecule has 0 saturated heterocycles. The van der Waals surface area contributed by atoms with E-state index in [1.54, 1.807) is 44.2 Å². The van der Waals surface area contributed by atoms with E-state index in [9.17, 15) is 12.8 Å². The van der Waals surface area contributed by atoms with E-state index in [1.165, 1.54) is 18.2 Å². The first-order chi connectivity index (χ1) is 14.6. The van der Waals surface area contributed by atoms with Gasteiger partial charge in [-0.2, -0.15) is 10.2 Å². The second-order valence-electron chi connectivity index (χ2n) is 6.96. The number of nitrogens with one attached hydrogen (secondary N) is 2. The molecule has 31 heavy (non-hydrogen) atoms. The van der Waals surface area contributed by atoms with E-state index in [1.807, 2.05) is 6.07 Å². The molecular weight excluding hydrogens is 423 g/mol. The first-order valence-corrected chi connectivity index (χ1v) is 10.5. The molecule has 3 rings (SSSR count). The number of halogens is 1. The van der Waals surface area contributed by atoms with Gasteiger partial charge in [-0.25, -0.2) is 22.9 Å². The van der Waals surface area contributed by atoms with Gasteiger partial charge in [0.05, 0.1) is 11.1 Å². The van der Waals surface area contributed by atoms with Crippen LogP contribution in [0.2, 0.25) is 0 Å². The van der Waals surface area contributed by atoms with E-state index >= 15 is 0 Å². The lowest BCUT2D eigenvalue weighted by atomic mass is 10.2. The zero-order valence-corrected chi connectivity index (χ0v) is 17.4. The minimum Gasteiger partial charge on any atom is -0.473 e. The average Bonchev–Trinajstić information content (AvgIpc) is 2.71. The van der Waals surface area contributed by atoms with Crippen LogP contribution in [0.1, 0.15) is 13.8 Å². The summed E-state index contributed by atoms with van der Waals surface area (Å²) in [6.45, 7) is 3.28. The summed E-state index contributed by atoms with van der Waals surface area (Å²) in [6, 6.07) is 14.4. The lowest BCUT2D eigenvalue weighted by Gasteiger charge is -2.18. The maximum Gasteiger partial charge on any atom is 0.238 e. The third-order valence-electron chi connectivity index (χ3n) is 3.92. The Labute approximate surface area is 178 Å². The Bertz CT molecular complexity index is 1240. The highest BCUT2D eigenvalue weighted by Gasteiger charge is 2.18. The van der Waals surface area contributed by atoms with Gasteiger partial charge in [-0.3, -0.25) is 0 Å². The van der Waals surface area contributed by atoms with E-state index in [4.69, 9.17) is 15.1 Å². The first-order valence-electron chi connectivity index (χ1n) is 8.95. The molecule has 3 aromatic rings. The van der Waals surface area contributed by atoms with Crippen molar-refractivity contribution >= 4 is 33.2 Å². The molecule has 1 aromatic heterocycles. The van der Waals surface area contributed by atoms with E-state index in [0.717, 1.165) is 6.20 Å². The van der Waals surface area contributed by atoms with Gasteiger partial charge < -0.3 is 15.4 Å². The predicted molar refractivity (Wildman–Crippen MR) is 113 cm³/mol.